The average molecular weight is 229 g/mol. The predicted octanol–water partition coefficient (Wildman–Crippen LogP) is 1.71. The number of hydrogen-bond donors (Lipinski definition) is 1. The van der Waals surface area contributed by atoms with Crippen LogP contribution in [0, 0.1) is 12.3 Å². The predicted molar refractivity (Wildman–Crippen MR) is 65.2 cm³/mol. The number of furan rings is 1. The molecule has 0 aliphatic carbocycles. The molecule has 4 nitrogen and oxygen atoms in total. The molecule has 0 fully saturated rings. The van der Waals surface area contributed by atoms with Crippen LogP contribution in [-0.2, 0) is 7.05 Å². The smallest absolute Gasteiger partial charge is 0.133 e. The molecular weight excluding hydrogens is 214 g/mol. The summed E-state index contributed by atoms with van der Waals surface area (Å²) in [5.41, 5.74) is 0. The molecule has 0 aliphatic heterocycles. The van der Waals surface area contributed by atoms with Gasteiger partial charge in [0.15, 0.2) is 0 Å². The topological polar surface area (TPSA) is 43.0 Å². The van der Waals surface area contributed by atoms with E-state index in [9.17, 15) is 0 Å². The molecule has 0 radical (unpaired) electrons. The third-order valence-electron chi connectivity index (χ3n) is 2.61. The fourth-order valence-electron chi connectivity index (χ4n) is 1.69. The van der Waals surface area contributed by atoms with Gasteiger partial charge in [-0.15, -0.1) is 6.42 Å². The van der Waals surface area contributed by atoms with Crippen LogP contribution in [0.25, 0.3) is 0 Å². The highest BCUT2D eigenvalue weighted by Gasteiger charge is 2.21. The second-order valence-electron chi connectivity index (χ2n) is 3.90. The summed E-state index contributed by atoms with van der Waals surface area (Å²) in [4.78, 5) is 4.33. The van der Waals surface area contributed by atoms with Crippen molar-refractivity contribution in [3.8, 4) is 12.3 Å². The first kappa shape index (κ1) is 11.5. The normalized spacial score (nSPS) is 14.2. The summed E-state index contributed by atoms with van der Waals surface area (Å²) in [6.45, 7) is 1.93. The maximum atomic E-state index is 5.44. The number of nitrogens with zero attached hydrogens (tertiary/aromatic N) is 2. The fourth-order valence-corrected chi connectivity index (χ4v) is 1.69. The number of nitrogens with one attached hydrogen (secondary N) is 1. The van der Waals surface area contributed by atoms with Crippen molar-refractivity contribution < 1.29 is 4.42 Å². The van der Waals surface area contributed by atoms with Crippen LogP contribution in [0.2, 0.25) is 0 Å². The van der Waals surface area contributed by atoms with Crippen molar-refractivity contribution >= 4 is 0 Å². The van der Waals surface area contributed by atoms with Crippen LogP contribution in [0.15, 0.2) is 35.2 Å². The lowest BCUT2D eigenvalue weighted by Gasteiger charge is -2.18. The summed E-state index contributed by atoms with van der Waals surface area (Å²) in [5, 5.41) is 3.30. The second kappa shape index (κ2) is 4.89. The quantitative estimate of drug-likeness (QED) is 0.812. The Bertz CT molecular complexity index is 507. The minimum Gasteiger partial charge on any atom is -0.467 e. The molecule has 2 atom stereocenters. The molecule has 2 aromatic rings. The SMILES string of the molecule is C#CC(C)NC(c1ccco1)c1nccn1C. The van der Waals surface area contributed by atoms with E-state index >= 15 is 0 Å². The molecule has 2 heterocycles. The van der Waals surface area contributed by atoms with Crippen molar-refractivity contribution in [2.75, 3.05) is 0 Å². The van der Waals surface area contributed by atoms with E-state index in [4.69, 9.17) is 10.8 Å². The molecule has 0 spiro atoms. The molecule has 4 heteroatoms. The van der Waals surface area contributed by atoms with Gasteiger partial charge < -0.3 is 8.98 Å². The molecule has 2 rings (SSSR count). The maximum Gasteiger partial charge on any atom is 0.133 e. The first-order valence-corrected chi connectivity index (χ1v) is 5.45. The van der Waals surface area contributed by atoms with Crippen LogP contribution in [0.1, 0.15) is 24.6 Å². The van der Waals surface area contributed by atoms with Gasteiger partial charge in [-0.05, 0) is 19.1 Å². The van der Waals surface area contributed by atoms with Gasteiger partial charge in [0.05, 0.1) is 12.3 Å². The van der Waals surface area contributed by atoms with Crippen molar-refractivity contribution in [3.63, 3.8) is 0 Å². The van der Waals surface area contributed by atoms with Gasteiger partial charge in [0.25, 0.3) is 0 Å². The number of aryl methyl sites for hydroxylation is 1. The summed E-state index contributed by atoms with van der Waals surface area (Å²) in [6, 6.07) is 3.58. The summed E-state index contributed by atoms with van der Waals surface area (Å²) >= 11 is 0. The van der Waals surface area contributed by atoms with Gasteiger partial charge in [-0.25, -0.2) is 4.98 Å². The molecule has 0 saturated heterocycles. The van der Waals surface area contributed by atoms with Gasteiger partial charge in [0, 0.05) is 19.4 Å². The summed E-state index contributed by atoms with van der Waals surface area (Å²) in [6.07, 6.45) is 10.7. The van der Waals surface area contributed by atoms with E-state index in [1.165, 1.54) is 0 Å². The number of rotatable bonds is 4. The van der Waals surface area contributed by atoms with Crippen LogP contribution in [-0.4, -0.2) is 15.6 Å². The van der Waals surface area contributed by atoms with E-state index < -0.39 is 0 Å². The minimum absolute atomic E-state index is 0.0539. The molecule has 88 valence electrons. The van der Waals surface area contributed by atoms with Crippen molar-refractivity contribution in [3.05, 3.63) is 42.4 Å². The van der Waals surface area contributed by atoms with Crippen molar-refractivity contribution in [2.24, 2.45) is 7.05 Å². The second-order valence-corrected chi connectivity index (χ2v) is 3.90. The number of hydrogen-bond acceptors (Lipinski definition) is 3. The van der Waals surface area contributed by atoms with Gasteiger partial charge in [-0.1, -0.05) is 5.92 Å². The highest BCUT2D eigenvalue weighted by atomic mass is 16.3. The molecule has 2 aromatic heterocycles. The van der Waals surface area contributed by atoms with E-state index in [-0.39, 0.29) is 12.1 Å². The zero-order valence-corrected chi connectivity index (χ0v) is 9.92. The third kappa shape index (κ3) is 2.40. The molecule has 0 bridgehead atoms. The van der Waals surface area contributed by atoms with Crippen LogP contribution in [0.5, 0.6) is 0 Å². The first-order valence-electron chi connectivity index (χ1n) is 5.45. The molecular formula is C13H15N3O. The summed E-state index contributed by atoms with van der Waals surface area (Å²) in [7, 11) is 1.94. The Balaban J connectivity index is 2.32. The standard InChI is InChI=1S/C13H15N3O/c1-4-10(2)15-12(11-6-5-9-17-11)13-14-7-8-16(13)3/h1,5-10,12,15H,2-3H3. The molecule has 0 aliphatic rings. The highest BCUT2D eigenvalue weighted by molar-refractivity contribution is 5.17. The zero-order valence-electron chi connectivity index (χ0n) is 9.92. The van der Waals surface area contributed by atoms with Gasteiger partial charge in [0.2, 0.25) is 0 Å². The maximum absolute atomic E-state index is 5.44. The van der Waals surface area contributed by atoms with E-state index in [1.807, 2.05) is 36.9 Å². The van der Waals surface area contributed by atoms with Crippen LogP contribution < -0.4 is 5.32 Å². The molecule has 0 saturated carbocycles. The summed E-state index contributed by atoms with van der Waals surface area (Å²) < 4.78 is 7.38. The van der Waals surface area contributed by atoms with E-state index in [2.05, 4.69) is 16.2 Å². The van der Waals surface area contributed by atoms with Crippen LogP contribution in [0.4, 0.5) is 0 Å². The van der Waals surface area contributed by atoms with E-state index in [0.29, 0.717) is 0 Å². The Labute approximate surface area is 101 Å². The van der Waals surface area contributed by atoms with Crippen LogP contribution >= 0.6 is 0 Å². The Hall–Kier alpha value is -1.99. The molecule has 2 unspecified atom stereocenters. The lowest BCUT2D eigenvalue weighted by molar-refractivity contribution is 0.421. The van der Waals surface area contributed by atoms with Gasteiger partial charge in [-0.2, -0.15) is 0 Å². The lowest BCUT2D eigenvalue weighted by atomic mass is 10.2. The number of terminal acetylenes is 1. The van der Waals surface area contributed by atoms with Crippen molar-refractivity contribution in [2.45, 2.75) is 19.0 Å². The van der Waals surface area contributed by atoms with Gasteiger partial charge >= 0.3 is 0 Å². The number of aromatic nitrogens is 2. The van der Waals surface area contributed by atoms with Gasteiger partial charge in [0.1, 0.15) is 17.6 Å². The molecule has 0 amide bonds. The van der Waals surface area contributed by atoms with Gasteiger partial charge in [-0.3, -0.25) is 5.32 Å². The summed E-state index contributed by atoms with van der Waals surface area (Å²) in [5.74, 6) is 4.33. The van der Waals surface area contributed by atoms with E-state index in [0.717, 1.165) is 11.6 Å². The van der Waals surface area contributed by atoms with Crippen molar-refractivity contribution in [1.29, 1.82) is 0 Å². The monoisotopic (exact) mass is 229 g/mol. The molecule has 0 aromatic carbocycles. The first-order chi connectivity index (χ1) is 8.22. The lowest BCUT2D eigenvalue weighted by Crippen LogP contribution is -2.31. The van der Waals surface area contributed by atoms with Crippen molar-refractivity contribution in [1.82, 2.24) is 14.9 Å². The average Bonchev–Trinajstić information content (AvgIpc) is 2.97. The highest BCUT2D eigenvalue weighted by Crippen LogP contribution is 2.21. The third-order valence-corrected chi connectivity index (χ3v) is 2.61. The number of imidazole rings is 1. The molecule has 1 N–H and O–H groups in total. The Morgan fingerprint density at radius 1 is 1.59 bits per heavy atom. The fraction of sp³-hybridized carbons (Fsp3) is 0.308. The zero-order chi connectivity index (χ0) is 12.3. The largest absolute Gasteiger partial charge is 0.467 e. The Morgan fingerprint density at radius 2 is 2.41 bits per heavy atom. The molecule has 17 heavy (non-hydrogen) atoms. The Morgan fingerprint density at radius 3 is 2.94 bits per heavy atom. The minimum atomic E-state index is -0.129. The van der Waals surface area contributed by atoms with E-state index in [1.54, 1.807) is 12.5 Å². The Kier molecular flexibility index (Phi) is 3.31. The van der Waals surface area contributed by atoms with Crippen LogP contribution in [0.3, 0.4) is 0 Å².